The minimum atomic E-state index is -0.327. The van der Waals surface area contributed by atoms with Crippen molar-refractivity contribution in [3.8, 4) is 17.6 Å². The second kappa shape index (κ2) is 8.23. The highest BCUT2D eigenvalue weighted by Gasteiger charge is 2.21. The molecule has 2 aromatic carbocycles. The number of ether oxygens (including phenoxy) is 2. The predicted molar refractivity (Wildman–Crippen MR) is 99.9 cm³/mol. The number of benzene rings is 2. The summed E-state index contributed by atoms with van der Waals surface area (Å²) in [5, 5.41) is 11.6. The van der Waals surface area contributed by atoms with E-state index < -0.39 is 0 Å². The number of methoxy groups -OCH3 is 1. The molecule has 0 spiro atoms. The van der Waals surface area contributed by atoms with Gasteiger partial charge in [0.1, 0.15) is 0 Å². The standard InChI is InChI=1S/C20H19N3O4/c1-26-18-11-14(12-21)4-9-17(18)27-13-19(24)22-15-5-7-16(8-6-15)23-10-2-3-20(23)25/h4-9,11H,2-3,10,13H2,1H3,(H,22,24). The largest absolute Gasteiger partial charge is 0.493 e. The van der Waals surface area contributed by atoms with E-state index in [-0.39, 0.29) is 18.4 Å². The molecule has 0 aliphatic carbocycles. The lowest BCUT2D eigenvalue weighted by atomic mass is 10.2. The highest BCUT2D eigenvalue weighted by atomic mass is 16.5. The molecule has 1 aliphatic heterocycles. The molecule has 1 fully saturated rings. The van der Waals surface area contributed by atoms with Crippen LogP contribution in [0.15, 0.2) is 42.5 Å². The Hall–Kier alpha value is -3.53. The van der Waals surface area contributed by atoms with E-state index in [4.69, 9.17) is 14.7 Å². The topological polar surface area (TPSA) is 91.7 Å². The molecule has 0 bridgehead atoms. The summed E-state index contributed by atoms with van der Waals surface area (Å²) < 4.78 is 10.7. The van der Waals surface area contributed by atoms with Crippen LogP contribution in [0.25, 0.3) is 0 Å². The molecule has 1 N–H and O–H groups in total. The van der Waals surface area contributed by atoms with E-state index >= 15 is 0 Å². The van der Waals surface area contributed by atoms with Crippen LogP contribution in [0.5, 0.6) is 11.5 Å². The molecule has 0 aromatic heterocycles. The Morgan fingerprint density at radius 3 is 2.63 bits per heavy atom. The molecular weight excluding hydrogens is 346 g/mol. The van der Waals surface area contributed by atoms with Crippen LogP contribution in [-0.2, 0) is 9.59 Å². The molecular formula is C20H19N3O4. The van der Waals surface area contributed by atoms with Crippen molar-refractivity contribution >= 4 is 23.2 Å². The Kier molecular flexibility index (Phi) is 5.57. The molecule has 0 radical (unpaired) electrons. The average Bonchev–Trinajstić information content (AvgIpc) is 3.12. The molecule has 138 valence electrons. The number of nitrogens with zero attached hydrogens (tertiary/aromatic N) is 2. The third kappa shape index (κ3) is 4.36. The first-order chi connectivity index (χ1) is 13.1. The molecule has 0 unspecified atom stereocenters. The van der Waals surface area contributed by atoms with Crippen molar-refractivity contribution < 1.29 is 19.1 Å². The van der Waals surface area contributed by atoms with Gasteiger partial charge in [-0.15, -0.1) is 0 Å². The van der Waals surface area contributed by atoms with E-state index in [9.17, 15) is 9.59 Å². The first-order valence-corrected chi connectivity index (χ1v) is 8.52. The van der Waals surface area contributed by atoms with Crippen LogP contribution in [0.2, 0.25) is 0 Å². The lowest BCUT2D eigenvalue weighted by Crippen LogP contribution is -2.23. The summed E-state index contributed by atoms with van der Waals surface area (Å²) in [5.41, 5.74) is 1.89. The third-order valence-corrected chi connectivity index (χ3v) is 4.19. The Morgan fingerprint density at radius 1 is 1.22 bits per heavy atom. The van der Waals surface area contributed by atoms with Gasteiger partial charge in [-0.2, -0.15) is 5.26 Å². The first-order valence-electron chi connectivity index (χ1n) is 8.52. The third-order valence-electron chi connectivity index (χ3n) is 4.19. The summed E-state index contributed by atoms with van der Waals surface area (Å²) in [6.45, 7) is 0.527. The summed E-state index contributed by atoms with van der Waals surface area (Å²) in [5.74, 6) is 0.569. The van der Waals surface area contributed by atoms with Crippen molar-refractivity contribution in [3.63, 3.8) is 0 Å². The monoisotopic (exact) mass is 365 g/mol. The molecule has 2 aromatic rings. The summed E-state index contributed by atoms with van der Waals surface area (Å²) >= 11 is 0. The lowest BCUT2D eigenvalue weighted by Gasteiger charge is -2.16. The van der Waals surface area contributed by atoms with Gasteiger partial charge >= 0.3 is 0 Å². The van der Waals surface area contributed by atoms with Crippen LogP contribution < -0.4 is 19.7 Å². The van der Waals surface area contributed by atoms with Gasteiger partial charge in [0.05, 0.1) is 18.7 Å². The van der Waals surface area contributed by atoms with Crippen LogP contribution in [0.4, 0.5) is 11.4 Å². The Balaban J connectivity index is 1.57. The van der Waals surface area contributed by atoms with Gasteiger partial charge in [0.15, 0.2) is 18.1 Å². The second-order valence-corrected chi connectivity index (χ2v) is 6.01. The van der Waals surface area contributed by atoms with Crippen LogP contribution in [0, 0.1) is 11.3 Å². The molecule has 27 heavy (non-hydrogen) atoms. The summed E-state index contributed by atoms with van der Waals surface area (Å²) in [7, 11) is 1.47. The van der Waals surface area contributed by atoms with Crippen LogP contribution in [0.1, 0.15) is 18.4 Å². The van der Waals surface area contributed by atoms with Crippen molar-refractivity contribution in [2.24, 2.45) is 0 Å². The normalized spacial score (nSPS) is 13.2. The van der Waals surface area contributed by atoms with Crippen LogP contribution in [0.3, 0.4) is 0 Å². The highest BCUT2D eigenvalue weighted by Crippen LogP contribution is 2.28. The van der Waals surface area contributed by atoms with Gasteiger partial charge in [0.25, 0.3) is 5.91 Å². The van der Waals surface area contributed by atoms with Crippen molar-refractivity contribution in [1.82, 2.24) is 0 Å². The van der Waals surface area contributed by atoms with Gasteiger partial charge < -0.3 is 19.7 Å². The van der Waals surface area contributed by atoms with Gasteiger partial charge in [0.2, 0.25) is 5.91 Å². The first kappa shape index (κ1) is 18.3. The van der Waals surface area contributed by atoms with E-state index in [1.54, 1.807) is 35.2 Å². The van der Waals surface area contributed by atoms with Gasteiger partial charge in [-0.05, 0) is 42.8 Å². The summed E-state index contributed by atoms with van der Waals surface area (Å²) in [6.07, 6.45) is 1.45. The van der Waals surface area contributed by atoms with Crippen molar-refractivity contribution in [2.45, 2.75) is 12.8 Å². The molecule has 0 atom stereocenters. The zero-order chi connectivity index (χ0) is 19.2. The van der Waals surface area contributed by atoms with Gasteiger partial charge in [-0.3, -0.25) is 9.59 Å². The van der Waals surface area contributed by atoms with Crippen molar-refractivity contribution in [3.05, 3.63) is 48.0 Å². The Bertz CT molecular complexity index is 887. The smallest absolute Gasteiger partial charge is 0.262 e. The van der Waals surface area contributed by atoms with Gasteiger partial charge in [0, 0.05) is 30.4 Å². The maximum Gasteiger partial charge on any atom is 0.262 e. The number of rotatable bonds is 6. The van der Waals surface area contributed by atoms with E-state index in [1.807, 2.05) is 18.2 Å². The molecule has 0 saturated carbocycles. The van der Waals surface area contributed by atoms with Gasteiger partial charge in [-0.25, -0.2) is 0 Å². The number of carbonyl (C=O) groups is 2. The summed E-state index contributed by atoms with van der Waals surface area (Å²) in [4.78, 5) is 25.6. The fourth-order valence-electron chi connectivity index (χ4n) is 2.84. The molecule has 2 amide bonds. The number of hydrogen-bond donors (Lipinski definition) is 1. The zero-order valence-corrected chi connectivity index (χ0v) is 14.9. The fraction of sp³-hybridized carbons (Fsp3) is 0.250. The number of nitrogens with one attached hydrogen (secondary N) is 1. The number of anilines is 2. The van der Waals surface area contributed by atoms with Crippen LogP contribution >= 0.6 is 0 Å². The molecule has 1 heterocycles. The number of hydrogen-bond acceptors (Lipinski definition) is 5. The highest BCUT2D eigenvalue weighted by molar-refractivity contribution is 5.96. The number of carbonyl (C=O) groups excluding carboxylic acids is 2. The predicted octanol–water partition coefficient (Wildman–Crippen LogP) is 2.71. The molecule has 1 aliphatic rings. The van der Waals surface area contributed by atoms with Crippen LogP contribution in [-0.4, -0.2) is 32.1 Å². The Morgan fingerprint density at radius 2 is 2.00 bits per heavy atom. The fourth-order valence-corrected chi connectivity index (χ4v) is 2.84. The van der Waals surface area contributed by atoms with E-state index in [0.29, 0.717) is 29.2 Å². The number of amides is 2. The molecule has 7 nitrogen and oxygen atoms in total. The summed E-state index contributed by atoms with van der Waals surface area (Å²) in [6, 6.07) is 13.9. The SMILES string of the molecule is COc1cc(C#N)ccc1OCC(=O)Nc1ccc(N2CCCC2=O)cc1. The van der Waals surface area contributed by atoms with E-state index in [0.717, 1.165) is 18.7 Å². The molecule has 3 rings (SSSR count). The maximum atomic E-state index is 12.1. The maximum absolute atomic E-state index is 12.1. The Labute approximate surface area is 157 Å². The minimum absolute atomic E-state index is 0.122. The minimum Gasteiger partial charge on any atom is -0.493 e. The van der Waals surface area contributed by atoms with E-state index in [1.165, 1.54) is 7.11 Å². The average molecular weight is 365 g/mol. The number of nitriles is 1. The molecule has 1 saturated heterocycles. The van der Waals surface area contributed by atoms with Crippen molar-refractivity contribution in [2.75, 3.05) is 30.5 Å². The van der Waals surface area contributed by atoms with Crippen molar-refractivity contribution in [1.29, 1.82) is 5.26 Å². The second-order valence-electron chi connectivity index (χ2n) is 6.01. The van der Waals surface area contributed by atoms with E-state index in [2.05, 4.69) is 5.32 Å². The quantitative estimate of drug-likeness (QED) is 0.850. The molecule has 7 heteroatoms. The van der Waals surface area contributed by atoms with Gasteiger partial charge in [-0.1, -0.05) is 0 Å². The zero-order valence-electron chi connectivity index (χ0n) is 14.9. The lowest BCUT2D eigenvalue weighted by molar-refractivity contribution is -0.118.